The first kappa shape index (κ1) is 15.7. The summed E-state index contributed by atoms with van der Waals surface area (Å²) < 4.78 is 5.88. The molecule has 1 amide bonds. The Hall–Kier alpha value is -2.82. The monoisotopic (exact) mass is 336 g/mol. The highest BCUT2D eigenvalue weighted by Crippen LogP contribution is 2.47. The molecule has 5 heteroatoms. The van der Waals surface area contributed by atoms with Crippen LogP contribution >= 0.6 is 0 Å². The van der Waals surface area contributed by atoms with Gasteiger partial charge in [0, 0.05) is 29.9 Å². The Balaban J connectivity index is 1.58. The molecule has 1 N–H and O–H groups in total. The van der Waals surface area contributed by atoms with Crippen LogP contribution in [0.15, 0.2) is 51.7 Å². The van der Waals surface area contributed by atoms with E-state index in [4.69, 9.17) is 4.42 Å². The van der Waals surface area contributed by atoms with E-state index in [-0.39, 0.29) is 11.5 Å². The van der Waals surface area contributed by atoms with Gasteiger partial charge in [-0.25, -0.2) is 0 Å². The molecule has 0 aliphatic heterocycles. The fourth-order valence-corrected chi connectivity index (χ4v) is 3.29. The molecule has 128 valence electrons. The van der Waals surface area contributed by atoms with Crippen LogP contribution in [0.3, 0.4) is 0 Å². The molecule has 2 atom stereocenters. The molecule has 1 aromatic carbocycles. The Kier molecular flexibility index (Phi) is 3.71. The number of amides is 1. The SMILES string of the molecule is C[C@H]1C[C@H]1c1ccc(CN(C)C(=O)c2cc(=O)[nH]c3ccccc23)o1. The van der Waals surface area contributed by atoms with Crippen LogP contribution < -0.4 is 5.56 Å². The normalized spacial score (nSPS) is 19.1. The van der Waals surface area contributed by atoms with Gasteiger partial charge in [-0.2, -0.15) is 0 Å². The number of aromatic nitrogens is 1. The van der Waals surface area contributed by atoms with Gasteiger partial charge >= 0.3 is 0 Å². The van der Waals surface area contributed by atoms with E-state index in [0.717, 1.165) is 16.9 Å². The summed E-state index contributed by atoms with van der Waals surface area (Å²) in [6, 6.07) is 12.6. The van der Waals surface area contributed by atoms with Crippen molar-refractivity contribution < 1.29 is 9.21 Å². The quantitative estimate of drug-likeness (QED) is 0.793. The molecule has 5 nitrogen and oxygen atoms in total. The van der Waals surface area contributed by atoms with Crippen LogP contribution in [0.25, 0.3) is 10.9 Å². The highest BCUT2D eigenvalue weighted by molar-refractivity contribution is 6.05. The van der Waals surface area contributed by atoms with Gasteiger partial charge < -0.3 is 14.3 Å². The molecule has 1 aliphatic rings. The van der Waals surface area contributed by atoms with Crippen molar-refractivity contribution in [1.29, 1.82) is 0 Å². The van der Waals surface area contributed by atoms with E-state index in [0.29, 0.717) is 29.5 Å². The van der Waals surface area contributed by atoms with Gasteiger partial charge in [-0.1, -0.05) is 25.1 Å². The molecule has 0 spiro atoms. The van der Waals surface area contributed by atoms with E-state index >= 15 is 0 Å². The first-order valence-electron chi connectivity index (χ1n) is 8.49. The standard InChI is InChI=1S/C20H20N2O3/c1-12-9-15(12)18-8-7-13(25-18)11-22(2)20(24)16-10-19(23)21-17-6-4-3-5-14(16)17/h3-8,10,12,15H,9,11H2,1-2H3,(H,21,23)/t12-,15+/m0/s1. The minimum atomic E-state index is -0.279. The van der Waals surface area contributed by atoms with Crippen molar-refractivity contribution in [1.82, 2.24) is 9.88 Å². The van der Waals surface area contributed by atoms with Crippen molar-refractivity contribution in [3.8, 4) is 0 Å². The van der Waals surface area contributed by atoms with Gasteiger partial charge in [0.25, 0.3) is 5.91 Å². The van der Waals surface area contributed by atoms with Gasteiger partial charge in [-0.3, -0.25) is 9.59 Å². The van der Waals surface area contributed by atoms with E-state index < -0.39 is 0 Å². The topological polar surface area (TPSA) is 66.3 Å². The number of para-hydroxylation sites is 1. The zero-order chi connectivity index (χ0) is 17.6. The molecule has 0 bridgehead atoms. The molecule has 0 saturated heterocycles. The lowest BCUT2D eigenvalue weighted by Crippen LogP contribution is -2.27. The first-order chi connectivity index (χ1) is 12.0. The van der Waals surface area contributed by atoms with Crippen molar-refractivity contribution in [2.75, 3.05) is 7.05 Å². The molecule has 0 radical (unpaired) electrons. The second-order valence-electron chi connectivity index (χ2n) is 6.88. The number of carbonyl (C=O) groups excluding carboxylic acids is 1. The number of carbonyl (C=O) groups is 1. The summed E-state index contributed by atoms with van der Waals surface area (Å²) in [5, 5.41) is 0.742. The number of pyridine rings is 1. The van der Waals surface area contributed by atoms with Crippen molar-refractivity contribution in [3.63, 3.8) is 0 Å². The third-order valence-corrected chi connectivity index (χ3v) is 4.88. The minimum absolute atomic E-state index is 0.194. The van der Waals surface area contributed by atoms with E-state index in [9.17, 15) is 9.59 Å². The van der Waals surface area contributed by atoms with Crippen LogP contribution in [0.5, 0.6) is 0 Å². The Morgan fingerprint density at radius 1 is 1.28 bits per heavy atom. The van der Waals surface area contributed by atoms with Crippen LogP contribution in [-0.4, -0.2) is 22.8 Å². The third-order valence-electron chi connectivity index (χ3n) is 4.88. The molecule has 2 heterocycles. The smallest absolute Gasteiger partial charge is 0.254 e. The Morgan fingerprint density at radius 3 is 2.80 bits per heavy atom. The number of aromatic amines is 1. The summed E-state index contributed by atoms with van der Waals surface area (Å²) in [6.07, 6.45) is 1.17. The Bertz CT molecular complexity index is 1000. The number of benzene rings is 1. The Labute approximate surface area is 145 Å². The van der Waals surface area contributed by atoms with E-state index in [1.165, 1.54) is 12.5 Å². The number of furan rings is 1. The summed E-state index contributed by atoms with van der Waals surface area (Å²) in [7, 11) is 1.72. The third kappa shape index (κ3) is 2.97. The van der Waals surface area contributed by atoms with Gasteiger partial charge in [0.1, 0.15) is 11.5 Å². The summed E-state index contributed by atoms with van der Waals surface area (Å²) in [5.41, 5.74) is 0.789. The highest BCUT2D eigenvalue weighted by Gasteiger charge is 2.36. The number of fused-ring (bicyclic) bond motifs is 1. The van der Waals surface area contributed by atoms with E-state index in [1.54, 1.807) is 18.0 Å². The zero-order valence-corrected chi connectivity index (χ0v) is 14.3. The maximum atomic E-state index is 12.9. The number of hydrogen-bond donors (Lipinski definition) is 1. The molecule has 0 unspecified atom stereocenters. The second-order valence-corrected chi connectivity index (χ2v) is 6.88. The van der Waals surface area contributed by atoms with Crippen molar-refractivity contribution in [3.05, 3.63) is 69.9 Å². The molecule has 2 aromatic heterocycles. The van der Waals surface area contributed by atoms with E-state index in [1.807, 2.05) is 30.3 Å². The number of H-pyrrole nitrogens is 1. The molecule has 3 aromatic rings. The van der Waals surface area contributed by atoms with Crippen molar-refractivity contribution >= 4 is 16.8 Å². The lowest BCUT2D eigenvalue weighted by Gasteiger charge is -2.17. The average Bonchev–Trinajstić information content (AvgIpc) is 3.15. The summed E-state index contributed by atoms with van der Waals surface area (Å²) >= 11 is 0. The average molecular weight is 336 g/mol. The maximum absolute atomic E-state index is 12.9. The number of rotatable bonds is 4. The molecule has 1 fully saturated rings. The Morgan fingerprint density at radius 2 is 2.04 bits per heavy atom. The number of nitrogens with one attached hydrogen (secondary N) is 1. The fraction of sp³-hybridized carbons (Fsp3) is 0.300. The predicted octanol–water partition coefficient (Wildman–Crippen LogP) is 3.52. The predicted molar refractivity (Wildman–Crippen MR) is 95.6 cm³/mol. The number of hydrogen-bond acceptors (Lipinski definition) is 3. The molecule has 4 rings (SSSR count). The second kappa shape index (κ2) is 5.92. The summed E-state index contributed by atoms with van der Waals surface area (Å²) in [5.74, 6) is 2.77. The maximum Gasteiger partial charge on any atom is 0.254 e. The van der Waals surface area contributed by atoms with E-state index in [2.05, 4.69) is 11.9 Å². The first-order valence-corrected chi connectivity index (χ1v) is 8.49. The van der Waals surface area contributed by atoms with Crippen LogP contribution in [-0.2, 0) is 6.54 Å². The summed E-state index contributed by atoms with van der Waals surface area (Å²) in [6.45, 7) is 2.58. The molecule has 25 heavy (non-hydrogen) atoms. The molecular formula is C20H20N2O3. The fourth-order valence-electron chi connectivity index (χ4n) is 3.29. The molecule has 1 saturated carbocycles. The van der Waals surface area contributed by atoms with Gasteiger partial charge in [-0.05, 0) is 30.5 Å². The van der Waals surface area contributed by atoms with Crippen LogP contribution in [0.1, 0.15) is 41.1 Å². The van der Waals surface area contributed by atoms with Gasteiger partial charge in [0.2, 0.25) is 5.56 Å². The lowest BCUT2D eigenvalue weighted by atomic mass is 10.1. The van der Waals surface area contributed by atoms with Crippen LogP contribution in [0.4, 0.5) is 0 Å². The van der Waals surface area contributed by atoms with Gasteiger partial charge in [-0.15, -0.1) is 0 Å². The zero-order valence-electron chi connectivity index (χ0n) is 14.3. The largest absolute Gasteiger partial charge is 0.464 e. The van der Waals surface area contributed by atoms with Gasteiger partial charge in [0.05, 0.1) is 12.1 Å². The number of nitrogens with zero attached hydrogens (tertiary/aromatic N) is 1. The van der Waals surface area contributed by atoms with Gasteiger partial charge in [0.15, 0.2) is 0 Å². The van der Waals surface area contributed by atoms with Crippen LogP contribution in [0, 0.1) is 5.92 Å². The van der Waals surface area contributed by atoms with Crippen molar-refractivity contribution in [2.45, 2.75) is 25.8 Å². The van der Waals surface area contributed by atoms with Crippen LogP contribution in [0.2, 0.25) is 0 Å². The summed E-state index contributed by atoms with van der Waals surface area (Å²) in [4.78, 5) is 29.1. The highest BCUT2D eigenvalue weighted by atomic mass is 16.3. The van der Waals surface area contributed by atoms with Crippen molar-refractivity contribution in [2.24, 2.45) is 5.92 Å². The molecular weight excluding hydrogens is 316 g/mol. The lowest BCUT2D eigenvalue weighted by molar-refractivity contribution is 0.0776. The minimum Gasteiger partial charge on any atom is -0.464 e. The molecule has 1 aliphatic carbocycles.